The fourth-order valence-electron chi connectivity index (χ4n) is 0.908. The molecular formula is C7H8Cl2N2O. The van der Waals surface area contributed by atoms with Crippen LogP contribution < -0.4 is 0 Å². The summed E-state index contributed by atoms with van der Waals surface area (Å²) in [6, 6.07) is 0. The maximum absolute atomic E-state index is 10.8. The summed E-state index contributed by atoms with van der Waals surface area (Å²) < 4.78 is 1.58. The van der Waals surface area contributed by atoms with Gasteiger partial charge in [0, 0.05) is 0 Å². The predicted octanol–water partition coefficient (Wildman–Crippen LogP) is 2.09. The Morgan fingerprint density at radius 1 is 1.58 bits per heavy atom. The van der Waals surface area contributed by atoms with Crippen molar-refractivity contribution >= 4 is 29.0 Å². The highest BCUT2D eigenvalue weighted by Crippen LogP contribution is 2.21. The Bertz CT molecular complexity index is 319. The van der Waals surface area contributed by atoms with Crippen molar-refractivity contribution in [2.75, 3.05) is 0 Å². The third-order valence-electron chi connectivity index (χ3n) is 1.44. The Morgan fingerprint density at radius 3 is 2.50 bits per heavy atom. The van der Waals surface area contributed by atoms with Gasteiger partial charge in [0.05, 0.1) is 6.54 Å². The molecule has 0 radical (unpaired) electrons. The molecule has 0 aliphatic heterocycles. The number of carbonyl (C=O) groups is 1. The molecule has 0 atom stereocenters. The van der Waals surface area contributed by atoms with Gasteiger partial charge in [-0.05, 0) is 13.8 Å². The van der Waals surface area contributed by atoms with Crippen molar-refractivity contribution in [1.29, 1.82) is 0 Å². The molecule has 0 aromatic carbocycles. The zero-order chi connectivity index (χ0) is 9.30. The molecule has 0 amide bonds. The highest BCUT2D eigenvalue weighted by molar-refractivity contribution is 6.40. The van der Waals surface area contributed by atoms with Gasteiger partial charge in [0.1, 0.15) is 16.8 Å². The summed E-state index contributed by atoms with van der Waals surface area (Å²) in [5.74, 6) is 0.675. The molecule has 1 heterocycles. The van der Waals surface area contributed by atoms with Crippen molar-refractivity contribution in [3.05, 3.63) is 16.1 Å². The van der Waals surface area contributed by atoms with Crippen LogP contribution in [0.2, 0.25) is 10.3 Å². The van der Waals surface area contributed by atoms with Gasteiger partial charge in [-0.1, -0.05) is 23.2 Å². The quantitative estimate of drug-likeness (QED) is 0.744. The lowest BCUT2D eigenvalue weighted by Gasteiger charge is -2.01. The van der Waals surface area contributed by atoms with Crippen LogP contribution in [0.5, 0.6) is 0 Å². The number of hydrogen-bond acceptors (Lipinski definition) is 2. The van der Waals surface area contributed by atoms with Gasteiger partial charge in [0.25, 0.3) is 0 Å². The lowest BCUT2D eigenvalue weighted by atomic mass is 10.4. The first kappa shape index (κ1) is 9.55. The molecule has 5 heteroatoms. The smallest absolute Gasteiger partial charge is 0.166 e. The summed E-state index contributed by atoms with van der Waals surface area (Å²) in [5.41, 5.74) is 0. The minimum atomic E-state index is 0.0223. The molecule has 0 spiro atoms. The van der Waals surface area contributed by atoms with Gasteiger partial charge in [-0.15, -0.1) is 0 Å². The van der Waals surface area contributed by atoms with E-state index in [0.29, 0.717) is 11.0 Å². The van der Waals surface area contributed by atoms with Crippen LogP contribution in [0.15, 0.2) is 0 Å². The van der Waals surface area contributed by atoms with Gasteiger partial charge in [-0.3, -0.25) is 4.79 Å². The first-order chi connectivity index (χ1) is 5.52. The third kappa shape index (κ3) is 1.79. The van der Waals surface area contributed by atoms with E-state index in [1.165, 1.54) is 6.92 Å². The molecule has 0 saturated heterocycles. The summed E-state index contributed by atoms with van der Waals surface area (Å²) >= 11 is 11.4. The topological polar surface area (TPSA) is 34.9 Å². The Balaban J connectivity index is 3.05. The second-order valence-corrected chi connectivity index (χ2v) is 3.24. The molecule has 3 nitrogen and oxygen atoms in total. The number of hydrogen-bond donors (Lipinski definition) is 0. The Hall–Kier alpha value is -0.540. The third-order valence-corrected chi connectivity index (χ3v) is 2.18. The molecule has 0 unspecified atom stereocenters. The molecule has 0 aliphatic carbocycles. The minimum absolute atomic E-state index is 0.0223. The zero-order valence-electron chi connectivity index (χ0n) is 6.77. The number of rotatable bonds is 2. The SMILES string of the molecule is CC(=O)Cn1c(C)nc(Cl)c1Cl. The maximum Gasteiger partial charge on any atom is 0.166 e. The van der Waals surface area contributed by atoms with Crippen LogP contribution >= 0.6 is 23.2 Å². The second-order valence-electron chi connectivity index (χ2n) is 2.53. The highest BCUT2D eigenvalue weighted by atomic mass is 35.5. The second kappa shape index (κ2) is 3.46. The minimum Gasteiger partial charge on any atom is -0.311 e. The summed E-state index contributed by atoms with van der Waals surface area (Å²) in [5, 5.41) is 0.569. The molecule has 1 aromatic rings. The Morgan fingerprint density at radius 2 is 2.17 bits per heavy atom. The number of aromatic nitrogens is 2. The van der Waals surface area contributed by atoms with E-state index in [0.717, 1.165) is 0 Å². The largest absolute Gasteiger partial charge is 0.311 e. The number of carbonyl (C=O) groups excluding carboxylic acids is 1. The maximum atomic E-state index is 10.8. The van der Waals surface area contributed by atoms with Crippen molar-refractivity contribution in [2.45, 2.75) is 20.4 Å². The van der Waals surface area contributed by atoms with Gasteiger partial charge in [0.2, 0.25) is 0 Å². The van der Waals surface area contributed by atoms with Gasteiger partial charge in [0.15, 0.2) is 5.15 Å². The molecule has 0 aliphatic rings. The summed E-state index contributed by atoms with van der Waals surface area (Å²) in [7, 11) is 0. The number of ketones is 1. The van der Waals surface area contributed by atoms with Crippen LogP contribution in [0.25, 0.3) is 0 Å². The number of nitrogens with zero attached hydrogens (tertiary/aromatic N) is 2. The zero-order valence-corrected chi connectivity index (χ0v) is 8.28. The van der Waals surface area contributed by atoms with E-state index in [9.17, 15) is 4.79 Å². The molecule has 0 fully saturated rings. The number of aryl methyl sites for hydroxylation is 1. The highest BCUT2D eigenvalue weighted by Gasteiger charge is 2.11. The molecular weight excluding hydrogens is 199 g/mol. The van der Waals surface area contributed by atoms with E-state index in [1.807, 2.05) is 0 Å². The Kier molecular flexibility index (Phi) is 2.75. The van der Waals surface area contributed by atoms with Crippen LogP contribution in [-0.2, 0) is 11.3 Å². The molecule has 1 rings (SSSR count). The molecule has 0 saturated carbocycles. The number of imidazole rings is 1. The lowest BCUT2D eigenvalue weighted by molar-refractivity contribution is -0.117. The average molecular weight is 207 g/mol. The lowest BCUT2D eigenvalue weighted by Crippen LogP contribution is -2.07. The summed E-state index contributed by atoms with van der Waals surface area (Å²) in [4.78, 5) is 14.7. The van der Waals surface area contributed by atoms with Gasteiger partial charge in [-0.2, -0.15) is 0 Å². The monoisotopic (exact) mass is 206 g/mol. The fraction of sp³-hybridized carbons (Fsp3) is 0.429. The average Bonchev–Trinajstić information content (AvgIpc) is 2.16. The first-order valence-corrected chi connectivity index (χ1v) is 4.15. The van der Waals surface area contributed by atoms with Crippen molar-refractivity contribution in [3.63, 3.8) is 0 Å². The fourth-order valence-corrected chi connectivity index (χ4v) is 1.36. The van der Waals surface area contributed by atoms with E-state index in [2.05, 4.69) is 4.98 Å². The number of halogens is 2. The van der Waals surface area contributed by atoms with Crippen LogP contribution in [0, 0.1) is 6.92 Å². The first-order valence-electron chi connectivity index (χ1n) is 3.40. The normalized spacial score (nSPS) is 10.3. The molecule has 0 bridgehead atoms. The van der Waals surface area contributed by atoms with Crippen molar-refractivity contribution in [1.82, 2.24) is 9.55 Å². The van der Waals surface area contributed by atoms with E-state index in [1.54, 1.807) is 11.5 Å². The summed E-state index contributed by atoms with van der Waals surface area (Å²) in [6.07, 6.45) is 0. The Labute approximate surface area is 80.3 Å². The predicted molar refractivity (Wildman–Crippen MR) is 47.7 cm³/mol. The molecule has 0 N–H and O–H groups in total. The number of Topliss-reactive ketones (excluding diaryl/α,β-unsaturated/α-hetero) is 1. The van der Waals surface area contributed by atoms with E-state index >= 15 is 0 Å². The standard InChI is InChI=1S/C7H8Cl2N2O/c1-4(12)3-11-5(2)10-6(8)7(11)9/h3H2,1-2H3. The van der Waals surface area contributed by atoms with E-state index in [4.69, 9.17) is 23.2 Å². The van der Waals surface area contributed by atoms with Crippen LogP contribution in [0.3, 0.4) is 0 Å². The van der Waals surface area contributed by atoms with Crippen LogP contribution in [0.4, 0.5) is 0 Å². The van der Waals surface area contributed by atoms with E-state index in [-0.39, 0.29) is 17.5 Å². The van der Waals surface area contributed by atoms with Gasteiger partial charge in [-0.25, -0.2) is 4.98 Å². The van der Waals surface area contributed by atoms with Crippen molar-refractivity contribution in [2.24, 2.45) is 0 Å². The summed E-state index contributed by atoms with van der Waals surface area (Å²) in [6.45, 7) is 3.47. The van der Waals surface area contributed by atoms with Gasteiger partial charge < -0.3 is 4.57 Å². The van der Waals surface area contributed by atoms with E-state index < -0.39 is 0 Å². The molecule has 12 heavy (non-hydrogen) atoms. The van der Waals surface area contributed by atoms with Crippen LogP contribution in [-0.4, -0.2) is 15.3 Å². The van der Waals surface area contributed by atoms with Crippen molar-refractivity contribution < 1.29 is 4.79 Å². The van der Waals surface area contributed by atoms with Crippen molar-refractivity contribution in [3.8, 4) is 0 Å². The van der Waals surface area contributed by atoms with Crippen LogP contribution in [0.1, 0.15) is 12.7 Å². The van der Waals surface area contributed by atoms with Gasteiger partial charge >= 0.3 is 0 Å². The molecule has 1 aromatic heterocycles. The molecule has 66 valence electrons.